The number of carbonyl (C=O) groups is 1. The SMILES string of the molecule is COc1ccc(C(=O)Cn2c(=O)ncc3c2cnn3C2CCS(=O)(=O)C2)cc1. The van der Waals surface area contributed by atoms with Crippen LogP contribution < -0.4 is 10.4 Å². The molecule has 1 aliphatic rings. The van der Waals surface area contributed by atoms with Gasteiger partial charge in [0.15, 0.2) is 15.6 Å². The molecule has 1 aliphatic heterocycles. The first-order valence-electron chi connectivity index (χ1n) is 8.69. The van der Waals surface area contributed by atoms with Crippen molar-refractivity contribution in [3.05, 3.63) is 52.7 Å². The lowest BCUT2D eigenvalue weighted by Gasteiger charge is -2.11. The van der Waals surface area contributed by atoms with E-state index in [0.29, 0.717) is 28.8 Å². The van der Waals surface area contributed by atoms with Crippen molar-refractivity contribution in [2.24, 2.45) is 0 Å². The predicted molar refractivity (Wildman–Crippen MR) is 101 cm³/mol. The molecule has 3 heterocycles. The number of hydrogen-bond acceptors (Lipinski definition) is 7. The third-order valence-corrected chi connectivity index (χ3v) is 6.65. The summed E-state index contributed by atoms with van der Waals surface area (Å²) in [6, 6.07) is 6.31. The zero-order valence-corrected chi connectivity index (χ0v) is 15.9. The molecule has 4 rings (SSSR count). The highest BCUT2D eigenvalue weighted by atomic mass is 32.2. The Bertz CT molecular complexity index is 1210. The van der Waals surface area contributed by atoms with E-state index in [2.05, 4.69) is 10.1 Å². The van der Waals surface area contributed by atoms with Gasteiger partial charge in [-0.25, -0.2) is 13.2 Å². The van der Waals surface area contributed by atoms with Crippen LogP contribution in [0.2, 0.25) is 0 Å². The number of carbonyl (C=O) groups excluding carboxylic acids is 1. The van der Waals surface area contributed by atoms with Gasteiger partial charge in [0.2, 0.25) is 0 Å². The highest BCUT2D eigenvalue weighted by Crippen LogP contribution is 2.26. The minimum absolute atomic E-state index is 0.00762. The summed E-state index contributed by atoms with van der Waals surface area (Å²) in [7, 11) is -1.55. The number of ketones is 1. The van der Waals surface area contributed by atoms with Crippen LogP contribution in [0.1, 0.15) is 22.8 Å². The Morgan fingerprint density at radius 2 is 1.96 bits per heavy atom. The van der Waals surface area contributed by atoms with E-state index in [-0.39, 0.29) is 29.9 Å². The second kappa shape index (κ2) is 6.86. The summed E-state index contributed by atoms with van der Waals surface area (Å²) in [6.45, 7) is -0.190. The minimum Gasteiger partial charge on any atom is -0.497 e. The number of rotatable bonds is 5. The Morgan fingerprint density at radius 3 is 2.61 bits per heavy atom. The van der Waals surface area contributed by atoms with Crippen LogP contribution in [0, 0.1) is 0 Å². The van der Waals surface area contributed by atoms with Gasteiger partial charge in [-0.05, 0) is 30.7 Å². The molecule has 0 saturated carbocycles. The van der Waals surface area contributed by atoms with Crippen molar-refractivity contribution in [3.63, 3.8) is 0 Å². The molecule has 0 N–H and O–H groups in total. The molecule has 1 unspecified atom stereocenters. The van der Waals surface area contributed by atoms with E-state index < -0.39 is 15.5 Å². The molecule has 1 fully saturated rings. The molecule has 1 saturated heterocycles. The van der Waals surface area contributed by atoms with Crippen LogP contribution in [0.15, 0.2) is 41.5 Å². The average molecular weight is 402 g/mol. The fraction of sp³-hybridized carbons (Fsp3) is 0.333. The molecular formula is C18H18N4O5S. The summed E-state index contributed by atoms with van der Waals surface area (Å²) in [5, 5.41) is 4.27. The zero-order valence-electron chi connectivity index (χ0n) is 15.1. The van der Waals surface area contributed by atoms with E-state index in [1.807, 2.05) is 0 Å². The molecule has 0 aliphatic carbocycles. The first kappa shape index (κ1) is 18.4. The lowest BCUT2D eigenvalue weighted by atomic mass is 10.1. The van der Waals surface area contributed by atoms with Crippen molar-refractivity contribution < 1.29 is 17.9 Å². The number of nitrogens with zero attached hydrogens (tertiary/aromatic N) is 4. The van der Waals surface area contributed by atoms with Crippen molar-refractivity contribution in [2.45, 2.75) is 19.0 Å². The molecule has 3 aromatic rings. The van der Waals surface area contributed by atoms with Crippen molar-refractivity contribution >= 4 is 26.7 Å². The number of ether oxygens (including phenoxy) is 1. The molecular weight excluding hydrogens is 384 g/mol. The Balaban J connectivity index is 1.68. The number of aromatic nitrogens is 4. The summed E-state index contributed by atoms with van der Waals surface area (Å²) in [5.74, 6) is 0.496. The van der Waals surface area contributed by atoms with Crippen LogP contribution in [0.4, 0.5) is 0 Å². The maximum atomic E-state index is 12.6. The fourth-order valence-corrected chi connectivity index (χ4v) is 5.10. The van der Waals surface area contributed by atoms with Gasteiger partial charge in [0, 0.05) is 5.56 Å². The number of Topliss-reactive ketones (excluding diaryl/α,β-unsaturated/α-hetero) is 1. The third kappa shape index (κ3) is 3.31. The lowest BCUT2D eigenvalue weighted by Crippen LogP contribution is -2.26. The molecule has 1 atom stereocenters. The minimum atomic E-state index is -3.08. The van der Waals surface area contributed by atoms with Crippen molar-refractivity contribution in [2.75, 3.05) is 18.6 Å². The van der Waals surface area contributed by atoms with Crippen molar-refractivity contribution in [1.29, 1.82) is 0 Å². The van der Waals surface area contributed by atoms with E-state index in [1.54, 1.807) is 28.9 Å². The third-order valence-electron chi connectivity index (χ3n) is 4.90. The molecule has 0 amide bonds. The second-order valence-corrected chi connectivity index (χ2v) is 8.92. The van der Waals surface area contributed by atoms with Crippen LogP contribution in [-0.2, 0) is 16.4 Å². The van der Waals surface area contributed by atoms with E-state index in [0.717, 1.165) is 0 Å². The smallest absolute Gasteiger partial charge is 0.348 e. The van der Waals surface area contributed by atoms with Gasteiger partial charge < -0.3 is 4.74 Å². The maximum absolute atomic E-state index is 12.6. The molecule has 0 bridgehead atoms. The van der Waals surface area contributed by atoms with E-state index in [9.17, 15) is 18.0 Å². The fourth-order valence-electron chi connectivity index (χ4n) is 3.41. The van der Waals surface area contributed by atoms with E-state index in [4.69, 9.17) is 4.74 Å². The molecule has 28 heavy (non-hydrogen) atoms. The van der Waals surface area contributed by atoms with Crippen LogP contribution in [-0.4, -0.2) is 52.1 Å². The molecule has 0 radical (unpaired) electrons. The number of methoxy groups -OCH3 is 1. The Hall–Kier alpha value is -3.01. The van der Waals surface area contributed by atoms with Gasteiger partial charge in [-0.3, -0.25) is 14.0 Å². The number of sulfone groups is 1. The van der Waals surface area contributed by atoms with Gasteiger partial charge in [-0.2, -0.15) is 10.1 Å². The highest BCUT2D eigenvalue weighted by molar-refractivity contribution is 7.91. The highest BCUT2D eigenvalue weighted by Gasteiger charge is 2.31. The van der Waals surface area contributed by atoms with Gasteiger partial charge in [0.05, 0.1) is 49.1 Å². The van der Waals surface area contributed by atoms with Gasteiger partial charge in [0.1, 0.15) is 11.3 Å². The predicted octanol–water partition coefficient (Wildman–Crippen LogP) is 0.844. The van der Waals surface area contributed by atoms with Gasteiger partial charge in [-0.1, -0.05) is 0 Å². The number of fused-ring (bicyclic) bond motifs is 1. The lowest BCUT2D eigenvalue weighted by molar-refractivity contribution is 0.0972. The summed E-state index contributed by atoms with van der Waals surface area (Å²) in [4.78, 5) is 28.8. The van der Waals surface area contributed by atoms with Crippen LogP contribution in [0.5, 0.6) is 5.75 Å². The molecule has 9 nitrogen and oxygen atoms in total. The van der Waals surface area contributed by atoms with Crippen LogP contribution in [0.3, 0.4) is 0 Å². The zero-order chi connectivity index (χ0) is 19.9. The van der Waals surface area contributed by atoms with Gasteiger partial charge in [0.25, 0.3) is 0 Å². The Labute approximate surface area is 160 Å². The number of hydrogen-bond donors (Lipinski definition) is 0. The quantitative estimate of drug-likeness (QED) is 0.581. The summed E-state index contributed by atoms with van der Waals surface area (Å²) < 4.78 is 31.5. The van der Waals surface area contributed by atoms with Crippen LogP contribution in [0.25, 0.3) is 11.0 Å². The van der Waals surface area contributed by atoms with Crippen LogP contribution >= 0.6 is 0 Å². The molecule has 1 aromatic carbocycles. The van der Waals surface area contributed by atoms with Gasteiger partial charge in [-0.15, -0.1) is 0 Å². The second-order valence-electron chi connectivity index (χ2n) is 6.70. The largest absolute Gasteiger partial charge is 0.497 e. The summed E-state index contributed by atoms with van der Waals surface area (Å²) in [5.41, 5.74) is 0.863. The average Bonchev–Trinajstić information content (AvgIpc) is 3.26. The molecule has 0 spiro atoms. The first-order chi connectivity index (χ1) is 13.4. The maximum Gasteiger partial charge on any atom is 0.348 e. The normalized spacial score (nSPS) is 18.4. The standard InChI is InChI=1S/C18H18N4O5S/c1-27-14-4-2-12(3-5-14)17(23)10-21-15-9-20-22(16(15)8-19-18(21)24)13-6-7-28(25,26)11-13/h2-5,8-9,13H,6-7,10-11H2,1H3. The van der Waals surface area contributed by atoms with Gasteiger partial charge >= 0.3 is 5.69 Å². The van der Waals surface area contributed by atoms with Crippen molar-refractivity contribution in [1.82, 2.24) is 19.3 Å². The van der Waals surface area contributed by atoms with E-state index >= 15 is 0 Å². The number of benzene rings is 1. The molecule has 2 aromatic heterocycles. The van der Waals surface area contributed by atoms with Crippen molar-refractivity contribution in [3.8, 4) is 5.75 Å². The summed E-state index contributed by atoms with van der Waals surface area (Å²) in [6.07, 6.45) is 3.32. The Kier molecular flexibility index (Phi) is 4.50. The van der Waals surface area contributed by atoms with E-state index in [1.165, 1.54) is 24.1 Å². The topological polar surface area (TPSA) is 113 Å². The monoisotopic (exact) mass is 402 g/mol. The Morgan fingerprint density at radius 1 is 1.21 bits per heavy atom. The molecule has 10 heteroatoms. The molecule has 146 valence electrons. The first-order valence-corrected chi connectivity index (χ1v) is 10.5. The summed E-state index contributed by atoms with van der Waals surface area (Å²) >= 11 is 0.